The van der Waals surface area contributed by atoms with E-state index >= 15 is 0 Å². The van der Waals surface area contributed by atoms with Gasteiger partial charge in [-0.25, -0.2) is 0 Å². The lowest BCUT2D eigenvalue weighted by Gasteiger charge is -2.11. The van der Waals surface area contributed by atoms with Crippen molar-refractivity contribution in [3.8, 4) is 5.75 Å². The molecule has 21 heavy (non-hydrogen) atoms. The second-order valence-corrected chi connectivity index (χ2v) is 6.48. The third-order valence-electron chi connectivity index (χ3n) is 3.23. The molecule has 1 N–H and O–H groups in total. The van der Waals surface area contributed by atoms with Gasteiger partial charge >= 0.3 is 0 Å². The van der Waals surface area contributed by atoms with Gasteiger partial charge in [0, 0.05) is 15.8 Å². The van der Waals surface area contributed by atoms with Crippen molar-refractivity contribution >= 4 is 29.1 Å². The molecule has 0 spiro atoms. The lowest BCUT2D eigenvalue weighted by molar-refractivity contribution is 0.0925. The molecule has 0 aliphatic rings. The first-order valence-electron chi connectivity index (χ1n) is 6.78. The Morgan fingerprint density at radius 2 is 1.95 bits per heavy atom. The zero-order chi connectivity index (χ0) is 15.2. The van der Waals surface area contributed by atoms with Gasteiger partial charge in [-0.3, -0.25) is 4.79 Å². The molecule has 0 fully saturated rings. The van der Waals surface area contributed by atoms with Crippen molar-refractivity contribution in [3.63, 3.8) is 0 Å². The Morgan fingerprint density at radius 1 is 1.24 bits per heavy atom. The first-order valence-corrected chi connectivity index (χ1v) is 8.15. The summed E-state index contributed by atoms with van der Waals surface area (Å²) in [5.41, 5.74) is 0.305. The predicted molar refractivity (Wildman–Crippen MR) is 88.4 cm³/mol. The van der Waals surface area contributed by atoms with Gasteiger partial charge in [-0.05, 0) is 42.5 Å². The van der Waals surface area contributed by atoms with Crippen LogP contribution in [-0.2, 0) is 0 Å². The van der Waals surface area contributed by atoms with Gasteiger partial charge in [-0.2, -0.15) is 0 Å². The molecule has 1 unspecified atom stereocenters. The van der Waals surface area contributed by atoms with Crippen LogP contribution in [0, 0.1) is 5.92 Å². The largest absolute Gasteiger partial charge is 0.507 e. The molecule has 110 valence electrons. The van der Waals surface area contributed by atoms with E-state index in [2.05, 4.69) is 12.1 Å². The molecule has 0 aromatic heterocycles. The van der Waals surface area contributed by atoms with Gasteiger partial charge in [0.1, 0.15) is 5.75 Å². The van der Waals surface area contributed by atoms with Crippen molar-refractivity contribution in [1.29, 1.82) is 0 Å². The number of halogens is 1. The zero-order valence-electron chi connectivity index (χ0n) is 11.8. The van der Waals surface area contributed by atoms with E-state index in [1.54, 1.807) is 17.8 Å². The standard InChI is InChI=1S/C17H17ClO2S/c1-12(9-10-21-14-5-3-2-4-6-14)17(20)15-11-13(18)7-8-16(15)19/h2-8,11-12,19H,9-10H2,1H3. The van der Waals surface area contributed by atoms with Crippen molar-refractivity contribution in [2.75, 3.05) is 5.75 Å². The first kappa shape index (κ1) is 15.9. The highest BCUT2D eigenvalue weighted by Crippen LogP contribution is 2.26. The number of thioether (sulfide) groups is 1. The van der Waals surface area contributed by atoms with Gasteiger partial charge in [0.25, 0.3) is 0 Å². The summed E-state index contributed by atoms with van der Waals surface area (Å²) in [4.78, 5) is 13.5. The summed E-state index contributed by atoms with van der Waals surface area (Å²) in [6.07, 6.45) is 0.754. The molecule has 2 aromatic carbocycles. The highest BCUT2D eigenvalue weighted by molar-refractivity contribution is 7.99. The molecule has 1 atom stereocenters. The highest BCUT2D eigenvalue weighted by atomic mass is 35.5. The van der Waals surface area contributed by atoms with Crippen LogP contribution in [0.1, 0.15) is 23.7 Å². The molecule has 0 aliphatic carbocycles. The van der Waals surface area contributed by atoms with Crippen molar-refractivity contribution in [2.24, 2.45) is 5.92 Å². The third-order valence-corrected chi connectivity index (χ3v) is 4.51. The lowest BCUT2D eigenvalue weighted by atomic mass is 9.96. The summed E-state index contributed by atoms with van der Waals surface area (Å²) in [5.74, 6) is 0.638. The van der Waals surface area contributed by atoms with Crippen molar-refractivity contribution in [1.82, 2.24) is 0 Å². The minimum absolute atomic E-state index is 0.00744. The van der Waals surface area contributed by atoms with E-state index in [-0.39, 0.29) is 17.5 Å². The average molecular weight is 321 g/mol. The maximum atomic E-state index is 12.3. The minimum atomic E-state index is -0.148. The Hall–Kier alpha value is -1.45. The number of hydrogen-bond acceptors (Lipinski definition) is 3. The fourth-order valence-corrected chi connectivity index (χ4v) is 3.20. The van der Waals surface area contributed by atoms with Crippen LogP contribution in [0.3, 0.4) is 0 Å². The number of aromatic hydroxyl groups is 1. The fourth-order valence-electron chi connectivity index (χ4n) is 1.97. The number of carbonyl (C=O) groups excluding carboxylic acids is 1. The van der Waals surface area contributed by atoms with Crippen molar-refractivity contribution < 1.29 is 9.90 Å². The monoisotopic (exact) mass is 320 g/mol. The van der Waals surface area contributed by atoms with Gasteiger partial charge < -0.3 is 5.11 Å². The van der Waals surface area contributed by atoms with Crippen LogP contribution in [-0.4, -0.2) is 16.6 Å². The third kappa shape index (κ3) is 4.51. The summed E-state index contributed by atoms with van der Waals surface area (Å²) in [7, 11) is 0. The second-order valence-electron chi connectivity index (χ2n) is 4.88. The van der Waals surface area contributed by atoms with Crippen LogP contribution < -0.4 is 0 Å². The van der Waals surface area contributed by atoms with E-state index in [1.165, 1.54) is 17.0 Å². The minimum Gasteiger partial charge on any atom is -0.507 e. The zero-order valence-corrected chi connectivity index (χ0v) is 13.3. The van der Waals surface area contributed by atoms with E-state index in [0.717, 1.165) is 12.2 Å². The van der Waals surface area contributed by atoms with Crippen LogP contribution in [0.4, 0.5) is 0 Å². The number of rotatable bonds is 6. The molecule has 0 aliphatic heterocycles. The highest BCUT2D eigenvalue weighted by Gasteiger charge is 2.18. The number of hydrogen-bond donors (Lipinski definition) is 1. The average Bonchev–Trinajstić information content (AvgIpc) is 2.50. The van der Waals surface area contributed by atoms with Gasteiger partial charge in [0.05, 0.1) is 5.56 Å². The molecule has 0 bridgehead atoms. The van der Waals surface area contributed by atoms with Crippen LogP contribution in [0.2, 0.25) is 5.02 Å². The quantitative estimate of drug-likeness (QED) is 0.598. The number of phenolic OH excluding ortho intramolecular Hbond substituents is 1. The summed E-state index contributed by atoms with van der Waals surface area (Å²) < 4.78 is 0. The molecule has 0 heterocycles. The smallest absolute Gasteiger partial charge is 0.169 e. The number of ketones is 1. The van der Waals surface area contributed by atoms with Crippen LogP contribution in [0.15, 0.2) is 53.4 Å². The Labute approximate surface area is 134 Å². The first-order chi connectivity index (χ1) is 10.1. The summed E-state index contributed by atoms with van der Waals surface area (Å²) >= 11 is 7.61. The lowest BCUT2D eigenvalue weighted by Crippen LogP contribution is -2.12. The van der Waals surface area contributed by atoms with E-state index < -0.39 is 0 Å². The molecule has 2 rings (SSSR count). The van der Waals surface area contributed by atoms with Crippen LogP contribution >= 0.6 is 23.4 Å². The maximum Gasteiger partial charge on any atom is 0.169 e. The van der Waals surface area contributed by atoms with E-state index in [1.807, 2.05) is 25.1 Å². The Balaban J connectivity index is 1.92. The van der Waals surface area contributed by atoms with Gasteiger partial charge in [0.15, 0.2) is 5.78 Å². The van der Waals surface area contributed by atoms with Crippen molar-refractivity contribution in [2.45, 2.75) is 18.2 Å². The molecule has 0 amide bonds. The van der Waals surface area contributed by atoms with Crippen LogP contribution in [0.25, 0.3) is 0 Å². The number of phenols is 1. The summed E-state index contributed by atoms with van der Waals surface area (Å²) in [6.45, 7) is 1.88. The SMILES string of the molecule is CC(CCSc1ccccc1)C(=O)c1cc(Cl)ccc1O. The van der Waals surface area contributed by atoms with E-state index in [9.17, 15) is 9.90 Å². The van der Waals surface area contributed by atoms with E-state index in [0.29, 0.717) is 10.6 Å². The molecule has 0 saturated heterocycles. The summed E-state index contributed by atoms with van der Waals surface area (Å²) in [5, 5.41) is 10.2. The molecular formula is C17H17ClO2S. The normalized spacial score (nSPS) is 12.1. The van der Waals surface area contributed by atoms with E-state index in [4.69, 9.17) is 11.6 Å². The Kier molecular flexibility index (Phi) is 5.71. The van der Waals surface area contributed by atoms with Crippen LogP contribution in [0.5, 0.6) is 5.75 Å². The van der Waals surface area contributed by atoms with Gasteiger partial charge in [-0.15, -0.1) is 11.8 Å². The Morgan fingerprint density at radius 3 is 2.67 bits per heavy atom. The van der Waals surface area contributed by atoms with Crippen molar-refractivity contribution in [3.05, 3.63) is 59.1 Å². The number of benzene rings is 2. The molecule has 0 saturated carbocycles. The van der Waals surface area contributed by atoms with Gasteiger partial charge in [-0.1, -0.05) is 36.7 Å². The molecular weight excluding hydrogens is 304 g/mol. The maximum absolute atomic E-state index is 12.3. The predicted octanol–water partition coefficient (Wildman–Crippen LogP) is 5.05. The Bertz CT molecular complexity index is 613. The molecule has 2 aromatic rings. The number of carbonyl (C=O) groups is 1. The molecule has 4 heteroatoms. The van der Waals surface area contributed by atoms with Gasteiger partial charge in [0.2, 0.25) is 0 Å². The fraction of sp³-hybridized carbons (Fsp3) is 0.235. The molecule has 0 radical (unpaired) electrons. The topological polar surface area (TPSA) is 37.3 Å². The second kappa shape index (κ2) is 7.53. The number of Topliss-reactive ketones (excluding diaryl/α,β-unsaturated/α-hetero) is 1. The molecule has 2 nitrogen and oxygen atoms in total. The summed E-state index contributed by atoms with van der Waals surface area (Å²) in [6, 6.07) is 14.7.